The highest BCUT2D eigenvalue weighted by Crippen LogP contribution is 2.25. The average Bonchev–Trinajstić information content (AvgIpc) is 2.77. The summed E-state index contributed by atoms with van der Waals surface area (Å²) in [6, 6.07) is 15.3. The Morgan fingerprint density at radius 2 is 2.10 bits per heavy atom. The molecule has 2 aromatic rings. The molecule has 7 nitrogen and oxygen atoms in total. The normalized spacial score (nSPS) is 16.8. The number of carbonyl (C=O) groups excluding carboxylic acids is 2. The van der Waals surface area contributed by atoms with Crippen molar-refractivity contribution < 1.29 is 19.1 Å². The van der Waals surface area contributed by atoms with Crippen LogP contribution in [0.15, 0.2) is 48.5 Å². The van der Waals surface area contributed by atoms with Gasteiger partial charge >= 0.3 is 0 Å². The molecule has 2 amide bonds. The van der Waals surface area contributed by atoms with E-state index in [1.807, 2.05) is 6.07 Å². The monoisotopic (exact) mass is 397 g/mol. The largest absolute Gasteiger partial charge is 0.495 e. The molecule has 154 valence electrons. The molecule has 0 aromatic heterocycles. The Morgan fingerprint density at radius 1 is 1.28 bits per heavy atom. The van der Waals surface area contributed by atoms with E-state index in [4.69, 9.17) is 9.47 Å². The van der Waals surface area contributed by atoms with Gasteiger partial charge in [-0.3, -0.25) is 14.5 Å². The van der Waals surface area contributed by atoms with Crippen LogP contribution in [0.4, 0.5) is 5.69 Å². The molecule has 1 unspecified atom stereocenters. The molecular formula is C22H27N3O4. The van der Waals surface area contributed by atoms with Crippen LogP contribution < -0.4 is 15.4 Å². The highest BCUT2D eigenvalue weighted by Gasteiger charge is 2.21. The van der Waals surface area contributed by atoms with Crippen LogP contribution in [0.5, 0.6) is 5.75 Å². The van der Waals surface area contributed by atoms with Crippen molar-refractivity contribution in [3.8, 4) is 5.75 Å². The van der Waals surface area contributed by atoms with Crippen LogP contribution in [0, 0.1) is 0 Å². The SMILES string of the molecule is COc1cc(C(=O)NCC2CN(CCc3ccccc3)CCO2)ccc1NC=O. The van der Waals surface area contributed by atoms with Crippen molar-refractivity contribution in [3.05, 3.63) is 59.7 Å². The number of rotatable bonds is 9. The molecule has 1 aliphatic heterocycles. The maximum Gasteiger partial charge on any atom is 0.251 e. The molecule has 1 aliphatic rings. The quantitative estimate of drug-likeness (QED) is 0.632. The first-order chi connectivity index (χ1) is 14.2. The van der Waals surface area contributed by atoms with Crippen molar-refractivity contribution in [2.45, 2.75) is 12.5 Å². The molecule has 0 spiro atoms. The number of methoxy groups -OCH3 is 1. The van der Waals surface area contributed by atoms with E-state index in [2.05, 4.69) is 39.8 Å². The molecule has 29 heavy (non-hydrogen) atoms. The lowest BCUT2D eigenvalue weighted by atomic mass is 10.1. The van der Waals surface area contributed by atoms with Crippen LogP contribution in [0.3, 0.4) is 0 Å². The zero-order valence-electron chi connectivity index (χ0n) is 16.6. The third-order valence-electron chi connectivity index (χ3n) is 4.95. The van der Waals surface area contributed by atoms with E-state index in [1.54, 1.807) is 18.2 Å². The second-order valence-electron chi connectivity index (χ2n) is 6.92. The van der Waals surface area contributed by atoms with Crippen LogP contribution in [0.1, 0.15) is 15.9 Å². The first-order valence-electron chi connectivity index (χ1n) is 9.74. The molecule has 0 saturated carbocycles. The maximum atomic E-state index is 12.5. The number of nitrogens with one attached hydrogen (secondary N) is 2. The summed E-state index contributed by atoms with van der Waals surface area (Å²) >= 11 is 0. The van der Waals surface area contributed by atoms with Gasteiger partial charge in [0.25, 0.3) is 5.91 Å². The lowest BCUT2D eigenvalue weighted by Crippen LogP contribution is -2.48. The van der Waals surface area contributed by atoms with Gasteiger partial charge in [0.15, 0.2) is 0 Å². The Balaban J connectivity index is 1.48. The Morgan fingerprint density at radius 3 is 2.86 bits per heavy atom. The third-order valence-corrected chi connectivity index (χ3v) is 4.95. The van der Waals surface area contributed by atoms with Crippen LogP contribution in [0.25, 0.3) is 0 Å². The van der Waals surface area contributed by atoms with E-state index in [-0.39, 0.29) is 12.0 Å². The summed E-state index contributed by atoms with van der Waals surface area (Å²) in [7, 11) is 1.49. The van der Waals surface area contributed by atoms with E-state index >= 15 is 0 Å². The molecule has 3 rings (SSSR count). The van der Waals surface area contributed by atoms with Crippen LogP contribution in [-0.4, -0.2) is 63.2 Å². The van der Waals surface area contributed by atoms with Crippen molar-refractivity contribution >= 4 is 18.0 Å². The Bertz CT molecular complexity index is 813. The highest BCUT2D eigenvalue weighted by molar-refractivity contribution is 5.95. The minimum absolute atomic E-state index is 0.0404. The smallest absolute Gasteiger partial charge is 0.251 e. The summed E-state index contributed by atoms with van der Waals surface area (Å²) in [5.74, 6) is 0.233. The zero-order valence-corrected chi connectivity index (χ0v) is 16.6. The van der Waals surface area contributed by atoms with E-state index in [0.717, 1.165) is 26.1 Å². The fraction of sp³-hybridized carbons (Fsp3) is 0.364. The molecular weight excluding hydrogens is 370 g/mol. The predicted octanol–water partition coefficient (Wildman–Crippen LogP) is 1.94. The second-order valence-corrected chi connectivity index (χ2v) is 6.92. The number of hydrogen-bond acceptors (Lipinski definition) is 5. The fourth-order valence-corrected chi connectivity index (χ4v) is 3.36. The highest BCUT2D eigenvalue weighted by atomic mass is 16.5. The van der Waals surface area contributed by atoms with Crippen LogP contribution in [0.2, 0.25) is 0 Å². The summed E-state index contributed by atoms with van der Waals surface area (Å²) in [5, 5.41) is 5.47. The summed E-state index contributed by atoms with van der Waals surface area (Å²) in [6.07, 6.45) is 1.53. The molecule has 1 atom stereocenters. The first kappa shape index (κ1) is 20.8. The number of carbonyl (C=O) groups is 2. The number of morpholine rings is 1. The molecule has 1 heterocycles. The van der Waals surface area contributed by atoms with Crippen LogP contribution >= 0.6 is 0 Å². The Labute approximate surface area is 171 Å². The van der Waals surface area contributed by atoms with E-state index in [9.17, 15) is 9.59 Å². The molecule has 1 saturated heterocycles. The second kappa shape index (κ2) is 10.6. The number of amides is 2. The molecule has 2 aromatic carbocycles. The van der Waals surface area contributed by atoms with Gasteiger partial charge in [-0.05, 0) is 30.2 Å². The lowest BCUT2D eigenvalue weighted by Gasteiger charge is -2.33. The topological polar surface area (TPSA) is 79.9 Å². The summed E-state index contributed by atoms with van der Waals surface area (Å²) < 4.78 is 11.0. The van der Waals surface area contributed by atoms with Gasteiger partial charge in [0.05, 0.1) is 25.5 Å². The molecule has 7 heteroatoms. The van der Waals surface area contributed by atoms with Crippen molar-refractivity contribution in [2.75, 3.05) is 45.2 Å². The minimum atomic E-state index is -0.203. The molecule has 0 aliphatic carbocycles. The van der Waals surface area contributed by atoms with Gasteiger partial charge in [-0.2, -0.15) is 0 Å². The third kappa shape index (κ3) is 6.04. The molecule has 2 N–H and O–H groups in total. The predicted molar refractivity (Wildman–Crippen MR) is 111 cm³/mol. The summed E-state index contributed by atoms with van der Waals surface area (Å²) in [6.45, 7) is 3.77. The number of benzene rings is 2. The van der Waals surface area contributed by atoms with E-state index in [0.29, 0.717) is 36.6 Å². The van der Waals surface area contributed by atoms with Gasteiger partial charge in [0, 0.05) is 31.7 Å². The zero-order chi connectivity index (χ0) is 20.5. The lowest BCUT2D eigenvalue weighted by molar-refractivity contribution is -0.105. The minimum Gasteiger partial charge on any atom is -0.495 e. The number of hydrogen-bond donors (Lipinski definition) is 2. The average molecular weight is 397 g/mol. The van der Waals surface area contributed by atoms with Gasteiger partial charge in [-0.15, -0.1) is 0 Å². The number of ether oxygens (including phenoxy) is 2. The van der Waals surface area contributed by atoms with Crippen molar-refractivity contribution in [1.29, 1.82) is 0 Å². The van der Waals surface area contributed by atoms with Gasteiger partial charge in [0.2, 0.25) is 6.41 Å². The summed E-state index contributed by atoms with van der Waals surface area (Å²) in [4.78, 5) is 25.5. The Kier molecular flexibility index (Phi) is 7.61. The molecule has 0 radical (unpaired) electrons. The van der Waals surface area contributed by atoms with Crippen molar-refractivity contribution in [1.82, 2.24) is 10.2 Å². The van der Waals surface area contributed by atoms with Gasteiger partial charge in [-0.1, -0.05) is 30.3 Å². The first-order valence-corrected chi connectivity index (χ1v) is 9.74. The fourth-order valence-electron chi connectivity index (χ4n) is 3.36. The van der Waals surface area contributed by atoms with Crippen LogP contribution in [-0.2, 0) is 16.0 Å². The maximum absolute atomic E-state index is 12.5. The summed E-state index contributed by atoms with van der Waals surface area (Å²) in [5.41, 5.74) is 2.31. The number of anilines is 1. The molecule has 0 bridgehead atoms. The van der Waals surface area contributed by atoms with Crippen molar-refractivity contribution in [3.63, 3.8) is 0 Å². The standard InChI is InChI=1S/C22H27N3O4/c1-28-21-13-18(7-8-20(21)24-16-26)22(27)23-14-19-15-25(11-12-29-19)10-9-17-5-3-2-4-6-17/h2-8,13,16,19H,9-12,14-15H2,1H3,(H,23,27)(H,24,26). The molecule has 1 fully saturated rings. The van der Waals surface area contributed by atoms with E-state index < -0.39 is 0 Å². The van der Waals surface area contributed by atoms with Gasteiger partial charge < -0.3 is 20.1 Å². The van der Waals surface area contributed by atoms with Crippen molar-refractivity contribution in [2.24, 2.45) is 0 Å². The Hall–Kier alpha value is -2.90. The number of nitrogens with zero attached hydrogens (tertiary/aromatic N) is 1. The van der Waals surface area contributed by atoms with Gasteiger partial charge in [0.1, 0.15) is 5.75 Å². The van der Waals surface area contributed by atoms with E-state index in [1.165, 1.54) is 12.7 Å². The van der Waals surface area contributed by atoms with Gasteiger partial charge in [-0.25, -0.2) is 0 Å².